The molecule has 0 saturated heterocycles. The minimum Gasteiger partial charge on any atom is -0.493 e. The van der Waals surface area contributed by atoms with Gasteiger partial charge in [0.15, 0.2) is 0 Å². The van der Waals surface area contributed by atoms with E-state index in [0.29, 0.717) is 11.3 Å². The molecule has 35 heavy (non-hydrogen) atoms. The Bertz CT molecular complexity index is 1090. The number of ether oxygens (including phenoxy) is 1. The molecule has 0 aliphatic rings. The Labute approximate surface area is 210 Å². The number of carboxylic acid groups (broad SMARTS) is 1. The average molecular weight is 509 g/mol. The number of halogens is 3. The van der Waals surface area contributed by atoms with E-state index in [1.807, 2.05) is 17.5 Å². The summed E-state index contributed by atoms with van der Waals surface area (Å²) in [6.45, 7) is 14.2. The number of carbonyl (C=O) groups is 1. The van der Waals surface area contributed by atoms with Crippen molar-refractivity contribution in [3.05, 3.63) is 57.3 Å². The van der Waals surface area contributed by atoms with Gasteiger partial charge >= 0.3 is 12.1 Å². The molecule has 0 bridgehead atoms. The zero-order valence-corrected chi connectivity index (χ0v) is 22.3. The van der Waals surface area contributed by atoms with Gasteiger partial charge in [-0.1, -0.05) is 53.7 Å². The summed E-state index contributed by atoms with van der Waals surface area (Å²) in [5.74, 6) is -0.417. The third kappa shape index (κ3) is 8.57. The van der Waals surface area contributed by atoms with E-state index >= 15 is 0 Å². The summed E-state index contributed by atoms with van der Waals surface area (Å²) < 4.78 is 44.3. The van der Waals surface area contributed by atoms with Crippen LogP contribution in [0.5, 0.6) is 5.75 Å². The fourth-order valence-electron chi connectivity index (χ4n) is 3.54. The molecule has 2 aromatic rings. The average Bonchev–Trinajstić information content (AvgIpc) is 3.15. The van der Waals surface area contributed by atoms with Crippen molar-refractivity contribution < 1.29 is 27.8 Å². The van der Waals surface area contributed by atoms with Gasteiger partial charge in [0, 0.05) is 34.1 Å². The second kappa shape index (κ2) is 11.0. The summed E-state index contributed by atoms with van der Waals surface area (Å²) in [4.78, 5) is 11.9. The monoisotopic (exact) mass is 508 g/mol. The molecule has 0 aliphatic heterocycles. The zero-order chi connectivity index (χ0) is 26.6. The van der Waals surface area contributed by atoms with E-state index < -0.39 is 18.6 Å². The van der Waals surface area contributed by atoms with E-state index in [1.54, 1.807) is 13.0 Å². The molecule has 0 amide bonds. The highest BCUT2D eigenvalue weighted by Gasteiger charge is 2.29. The molecule has 2 rings (SSSR count). The van der Waals surface area contributed by atoms with Crippen LogP contribution in [0.2, 0.25) is 0 Å². The molecule has 0 radical (unpaired) electrons. The highest BCUT2D eigenvalue weighted by Crippen LogP contribution is 2.45. The largest absolute Gasteiger partial charge is 0.493 e. The summed E-state index contributed by atoms with van der Waals surface area (Å²) in [7, 11) is 0. The van der Waals surface area contributed by atoms with Crippen LogP contribution < -0.4 is 4.74 Å². The van der Waals surface area contributed by atoms with Crippen LogP contribution in [0.15, 0.2) is 41.3 Å². The third-order valence-corrected chi connectivity index (χ3v) is 6.33. The summed E-state index contributed by atoms with van der Waals surface area (Å²) in [6.07, 6.45) is -0.495. The van der Waals surface area contributed by atoms with Crippen molar-refractivity contribution in [3.8, 4) is 16.9 Å². The molecule has 0 saturated carbocycles. The Balaban J connectivity index is 2.66. The summed E-state index contributed by atoms with van der Waals surface area (Å²) in [5, 5.41) is 10.9. The number of alkyl halides is 3. The Morgan fingerprint density at radius 3 is 2.26 bits per heavy atom. The SMILES string of the molecule is CC(/C=C/c1sccc1-c1cc(C(C)(C)C)cc(C(C)(C)C)c1OCCCC(F)(F)F)=C\C(=O)O. The lowest BCUT2D eigenvalue weighted by Gasteiger charge is -2.29. The van der Waals surface area contributed by atoms with Crippen molar-refractivity contribution in [2.75, 3.05) is 6.61 Å². The first kappa shape index (κ1) is 28.7. The van der Waals surface area contributed by atoms with Crippen molar-refractivity contribution in [2.45, 2.75) is 78.3 Å². The van der Waals surface area contributed by atoms with Gasteiger partial charge in [-0.3, -0.25) is 0 Å². The van der Waals surface area contributed by atoms with Crippen LogP contribution in [-0.2, 0) is 15.6 Å². The van der Waals surface area contributed by atoms with E-state index in [4.69, 9.17) is 9.84 Å². The predicted molar refractivity (Wildman–Crippen MR) is 138 cm³/mol. The van der Waals surface area contributed by atoms with Crippen LogP contribution in [0, 0.1) is 0 Å². The van der Waals surface area contributed by atoms with Gasteiger partial charge in [0.25, 0.3) is 0 Å². The maximum absolute atomic E-state index is 12.7. The molecule has 7 heteroatoms. The van der Waals surface area contributed by atoms with Gasteiger partial charge in [-0.15, -0.1) is 11.3 Å². The van der Waals surface area contributed by atoms with Crippen LogP contribution in [-0.4, -0.2) is 23.9 Å². The molecule has 0 atom stereocenters. The van der Waals surface area contributed by atoms with E-state index in [2.05, 4.69) is 53.7 Å². The van der Waals surface area contributed by atoms with Gasteiger partial charge in [0.1, 0.15) is 5.75 Å². The third-order valence-electron chi connectivity index (χ3n) is 5.45. The lowest BCUT2D eigenvalue weighted by Crippen LogP contribution is -2.19. The molecular weight excluding hydrogens is 473 g/mol. The second-order valence-electron chi connectivity index (χ2n) is 10.7. The van der Waals surface area contributed by atoms with Crippen molar-refractivity contribution in [1.29, 1.82) is 0 Å². The number of carboxylic acids is 1. The number of thiophene rings is 1. The van der Waals surface area contributed by atoms with Gasteiger partial charge in [-0.25, -0.2) is 4.79 Å². The van der Waals surface area contributed by atoms with Crippen LogP contribution in [0.4, 0.5) is 13.2 Å². The van der Waals surface area contributed by atoms with E-state index in [9.17, 15) is 18.0 Å². The van der Waals surface area contributed by atoms with Crippen LogP contribution >= 0.6 is 11.3 Å². The van der Waals surface area contributed by atoms with Gasteiger partial charge in [0.05, 0.1) is 6.61 Å². The topological polar surface area (TPSA) is 46.5 Å². The Morgan fingerprint density at radius 1 is 1.06 bits per heavy atom. The van der Waals surface area contributed by atoms with Gasteiger partial charge < -0.3 is 9.84 Å². The van der Waals surface area contributed by atoms with E-state index in [-0.39, 0.29) is 23.9 Å². The van der Waals surface area contributed by atoms with Gasteiger partial charge in [0.2, 0.25) is 0 Å². The Morgan fingerprint density at radius 2 is 1.71 bits per heavy atom. The van der Waals surface area contributed by atoms with Crippen LogP contribution in [0.25, 0.3) is 17.2 Å². The minimum absolute atomic E-state index is 0.0414. The van der Waals surface area contributed by atoms with E-state index in [1.165, 1.54) is 11.3 Å². The fraction of sp³-hybridized carbons (Fsp3) is 0.464. The standard InChI is InChI=1S/C28H35F3O3S/c1-18(15-24(32)33)9-10-23-20(11-14-35-23)21-16-19(26(2,3)4)17-22(27(5,6)7)25(21)34-13-8-12-28(29,30)31/h9-11,14-17H,8,12-13H2,1-7H3,(H,32,33)/b10-9+,18-15+. The molecule has 1 aromatic carbocycles. The number of benzene rings is 1. The van der Waals surface area contributed by atoms with Crippen LogP contribution in [0.3, 0.4) is 0 Å². The summed E-state index contributed by atoms with van der Waals surface area (Å²) >= 11 is 1.51. The van der Waals surface area contributed by atoms with Crippen LogP contribution in [0.1, 0.15) is 77.3 Å². The maximum Gasteiger partial charge on any atom is 0.389 e. The molecule has 0 spiro atoms. The number of aliphatic carboxylic acids is 1. The Kier molecular flexibility index (Phi) is 9.04. The summed E-state index contributed by atoms with van der Waals surface area (Å²) in [5.41, 5.74) is 3.91. The first-order chi connectivity index (χ1) is 16.0. The normalized spacial score (nSPS) is 13.5. The molecule has 1 N–H and O–H groups in total. The molecule has 1 aromatic heterocycles. The number of hydrogen-bond acceptors (Lipinski definition) is 3. The molecule has 3 nitrogen and oxygen atoms in total. The minimum atomic E-state index is -4.22. The lowest BCUT2D eigenvalue weighted by atomic mass is 9.78. The highest BCUT2D eigenvalue weighted by molar-refractivity contribution is 7.11. The number of allylic oxidation sites excluding steroid dienone is 2. The fourth-order valence-corrected chi connectivity index (χ4v) is 4.35. The molecular formula is C28H35F3O3S. The second-order valence-corrected chi connectivity index (χ2v) is 11.7. The number of hydrogen-bond donors (Lipinski definition) is 1. The zero-order valence-electron chi connectivity index (χ0n) is 21.5. The molecule has 0 fully saturated rings. The smallest absolute Gasteiger partial charge is 0.389 e. The Hall–Kier alpha value is -2.54. The summed E-state index contributed by atoms with van der Waals surface area (Å²) in [6, 6.07) is 6.13. The van der Waals surface area contributed by atoms with Crippen molar-refractivity contribution in [1.82, 2.24) is 0 Å². The highest BCUT2D eigenvalue weighted by atomic mass is 32.1. The first-order valence-electron chi connectivity index (χ1n) is 11.5. The van der Waals surface area contributed by atoms with E-state index in [0.717, 1.165) is 33.2 Å². The molecule has 192 valence electrons. The van der Waals surface area contributed by atoms with Gasteiger partial charge in [-0.05, 0) is 58.9 Å². The molecule has 0 aliphatic carbocycles. The first-order valence-corrected chi connectivity index (χ1v) is 12.4. The molecule has 0 unspecified atom stereocenters. The van der Waals surface area contributed by atoms with Crippen molar-refractivity contribution in [3.63, 3.8) is 0 Å². The quantitative estimate of drug-likeness (QED) is 0.220. The molecule has 1 heterocycles. The predicted octanol–water partition coefficient (Wildman–Crippen LogP) is 8.78. The van der Waals surface area contributed by atoms with Crippen molar-refractivity contribution in [2.24, 2.45) is 0 Å². The lowest BCUT2D eigenvalue weighted by molar-refractivity contribution is -0.136. The van der Waals surface area contributed by atoms with Crippen molar-refractivity contribution >= 4 is 23.4 Å². The number of rotatable bonds is 8. The van der Waals surface area contributed by atoms with Gasteiger partial charge in [-0.2, -0.15) is 13.2 Å². The maximum atomic E-state index is 12.7.